The molecular formula is C16H20ClN3OS2. The van der Waals surface area contributed by atoms with Gasteiger partial charge in [-0.25, -0.2) is 0 Å². The van der Waals surface area contributed by atoms with Crippen molar-refractivity contribution in [1.82, 2.24) is 10.2 Å². The van der Waals surface area contributed by atoms with E-state index in [-0.39, 0.29) is 5.91 Å². The average Bonchev–Trinajstić information content (AvgIpc) is 2.99. The molecule has 0 bridgehead atoms. The number of benzene rings is 1. The number of aryl methyl sites for hydroxylation is 1. The second kappa shape index (κ2) is 8.66. The van der Waals surface area contributed by atoms with Crippen LogP contribution in [0.1, 0.15) is 30.8 Å². The van der Waals surface area contributed by atoms with Crippen LogP contribution in [0.2, 0.25) is 0 Å². The zero-order valence-corrected chi connectivity index (χ0v) is 15.8. The van der Waals surface area contributed by atoms with Gasteiger partial charge in [0.1, 0.15) is 10.4 Å². The number of halogens is 1. The maximum atomic E-state index is 12.7. The van der Waals surface area contributed by atoms with Gasteiger partial charge in [-0.2, -0.15) is 0 Å². The predicted octanol–water partition coefficient (Wildman–Crippen LogP) is 4.51. The quantitative estimate of drug-likeness (QED) is 0.532. The number of alkyl halides is 1. The Bertz CT molecular complexity index is 662. The highest BCUT2D eigenvalue weighted by atomic mass is 35.5. The van der Waals surface area contributed by atoms with Gasteiger partial charge in [0.2, 0.25) is 5.91 Å². The fourth-order valence-electron chi connectivity index (χ4n) is 2.11. The van der Waals surface area contributed by atoms with E-state index in [0.717, 1.165) is 26.4 Å². The smallest absolute Gasteiger partial charge is 0.245 e. The summed E-state index contributed by atoms with van der Waals surface area (Å²) in [5.41, 5.74) is 1.91. The van der Waals surface area contributed by atoms with Crippen LogP contribution >= 0.6 is 34.7 Å². The summed E-state index contributed by atoms with van der Waals surface area (Å²) in [5.74, 6) is 0.859. The lowest BCUT2D eigenvalue weighted by atomic mass is 10.1. The molecule has 124 valence electrons. The van der Waals surface area contributed by atoms with Gasteiger partial charge in [0.15, 0.2) is 4.34 Å². The van der Waals surface area contributed by atoms with E-state index >= 15 is 0 Å². The summed E-state index contributed by atoms with van der Waals surface area (Å²) in [6, 6.07) is 7.81. The van der Waals surface area contributed by atoms with Crippen molar-refractivity contribution in [2.24, 2.45) is 0 Å². The molecule has 4 nitrogen and oxygen atoms in total. The fraction of sp³-hybridized carbons (Fsp3) is 0.438. The van der Waals surface area contributed by atoms with E-state index < -0.39 is 5.38 Å². The Morgan fingerprint density at radius 3 is 2.74 bits per heavy atom. The molecule has 1 aromatic carbocycles. The second-order valence-corrected chi connectivity index (χ2v) is 8.08. The van der Waals surface area contributed by atoms with Gasteiger partial charge in [0, 0.05) is 5.69 Å². The molecule has 1 atom stereocenters. The van der Waals surface area contributed by atoms with Crippen LogP contribution in [0, 0.1) is 6.92 Å². The van der Waals surface area contributed by atoms with E-state index in [1.165, 1.54) is 11.3 Å². The SMILES string of the molecule is CCSc1nnc(CN(C(=O)C(Cl)CC)c2ccccc2C)s1. The Labute approximate surface area is 150 Å². The molecule has 0 aliphatic carbocycles. The van der Waals surface area contributed by atoms with Gasteiger partial charge >= 0.3 is 0 Å². The normalized spacial score (nSPS) is 12.2. The molecule has 0 saturated carbocycles. The Balaban J connectivity index is 2.29. The van der Waals surface area contributed by atoms with Gasteiger partial charge in [-0.05, 0) is 30.7 Å². The van der Waals surface area contributed by atoms with Crippen LogP contribution in [0.5, 0.6) is 0 Å². The summed E-state index contributed by atoms with van der Waals surface area (Å²) in [5, 5.41) is 8.65. The zero-order valence-electron chi connectivity index (χ0n) is 13.5. The monoisotopic (exact) mass is 369 g/mol. The number of hydrogen-bond acceptors (Lipinski definition) is 5. The average molecular weight is 370 g/mol. The molecule has 0 N–H and O–H groups in total. The van der Waals surface area contributed by atoms with E-state index in [1.807, 2.05) is 38.1 Å². The minimum absolute atomic E-state index is 0.0941. The first-order chi connectivity index (χ1) is 11.1. The van der Waals surface area contributed by atoms with E-state index in [4.69, 9.17) is 11.6 Å². The third-order valence-corrected chi connectivity index (χ3v) is 5.73. The summed E-state index contributed by atoms with van der Waals surface area (Å²) < 4.78 is 0.928. The van der Waals surface area contributed by atoms with Crippen LogP contribution < -0.4 is 4.90 Å². The molecule has 0 spiro atoms. The zero-order chi connectivity index (χ0) is 16.8. The molecule has 0 saturated heterocycles. The standard InChI is InChI=1S/C16H20ClN3OS2/c1-4-12(17)15(21)20(13-9-7-6-8-11(13)3)10-14-18-19-16(23-14)22-5-2/h6-9,12H,4-5,10H2,1-3H3. The summed E-state index contributed by atoms with van der Waals surface area (Å²) >= 11 is 9.39. The van der Waals surface area contributed by atoms with Gasteiger partial charge in [-0.3, -0.25) is 4.79 Å². The van der Waals surface area contributed by atoms with E-state index in [0.29, 0.717) is 13.0 Å². The van der Waals surface area contributed by atoms with Crippen molar-refractivity contribution in [1.29, 1.82) is 0 Å². The molecule has 0 radical (unpaired) electrons. The molecule has 7 heteroatoms. The topological polar surface area (TPSA) is 46.1 Å². The Kier molecular flexibility index (Phi) is 6.87. The van der Waals surface area contributed by atoms with Gasteiger partial charge in [-0.1, -0.05) is 55.1 Å². The van der Waals surface area contributed by atoms with Crippen molar-refractivity contribution in [2.75, 3.05) is 10.7 Å². The van der Waals surface area contributed by atoms with Crippen molar-refractivity contribution >= 4 is 46.3 Å². The molecular weight excluding hydrogens is 350 g/mol. The van der Waals surface area contributed by atoms with Crippen LogP contribution in [0.3, 0.4) is 0 Å². The summed E-state index contributed by atoms with van der Waals surface area (Å²) in [6.45, 7) is 6.37. The number of amides is 1. The van der Waals surface area contributed by atoms with Crippen LogP contribution in [0.25, 0.3) is 0 Å². The number of anilines is 1. The Morgan fingerprint density at radius 2 is 2.09 bits per heavy atom. The molecule has 2 rings (SSSR count). The van der Waals surface area contributed by atoms with Gasteiger partial charge in [0.05, 0.1) is 6.54 Å². The van der Waals surface area contributed by atoms with Crippen LogP contribution in [0.4, 0.5) is 5.69 Å². The number of aromatic nitrogens is 2. The lowest BCUT2D eigenvalue weighted by Crippen LogP contribution is -2.36. The first kappa shape index (κ1) is 18.2. The third-order valence-electron chi connectivity index (χ3n) is 3.31. The number of hydrogen-bond donors (Lipinski definition) is 0. The molecule has 2 aromatic rings. The van der Waals surface area contributed by atoms with Gasteiger partial charge < -0.3 is 4.90 Å². The Morgan fingerprint density at radius 1 is 1.35 bits per heavy atom. The number of nitrogens with zero attached hydrogens (tertiary/aromatic N) is 3. The highest BCUT2D eigenvalue weighted by Crippen LogP contribution is 2.27. The van der Waals surface area contributed by atoms with Crippen molar-refractivity contribution < 1.29 is 4.79 Å². The second-order valence-electron chi connectivity index (χ2n) is 4.98. The largest absolute Gasteiger partial charge is 0.304 e. The van der Waals surface area contributed by atoms with Crippen molar-refractivity contribution in [3.63, 3.8) is 0 Å². The summed E-state index contributed by atoms with van der Waals surface area (Å²) in [4.78, 5) is 14.4. The molecule has 0 aliphatic rings. The maximum absolute atomic E-state index is 12.7. The van der Waals surface area contributed by atoms with Crippen LogP contribution in [-0.2, 0) is 11.3 Å². The maximum Gasteiger partial charge on any atom is 0.245 e. The minimum Gasteiger partial charge on any atom is -0.304 e. The van der Waals surface area contributed by atoms with Gasteiger partial charge in [0.25, 0.3) is 0 Å². The molecule has 1 unspecified atom stereocenters. The highest BCUT2D eigenvalue weighted by Gasteiger charge is 2.25. The third kappa shape index (κ3) is 4.68. The fourth-order valence-corrected chi connectivity index (χ4v) is 4.01. The van der Waals surface area contributed by atoms with Crippen LogP contribution in [-0.4, -0.2) is 27.2 Å². The first-order valence-corrected chi connectivity index (χ1v) is 9.76. The van der Waals surface area contributed by atoms with Crippen molar-refractivity contribution in [3.8, 4) is 0 Å². The number of rotatable bonds is 7. The summed E-state index contributed by atoms with van der Waals surface area (Å²) in [7, 11) is 0. The molecule has 1 heterocycles. The van der Waals surface area contributed by atoms with Crippen molar-refractivity contribution in [3.05, 3.63) is 34.8 Å². The predicted molar refractivity (Wildman–Crippen MR) is 98.6 cm³/mol. The molecule has 23 heavy (non-hydrogen) atoms. The van der Waals surface area contributed by atoms with E-state index in [9.17, 15) is 4.79 Å². The number of thioether (sulfide) groups is 1. The molecule has 0 fully saturated rings. The van der Waals surface area contributed by atoms with Crippen molar-refractivity contribution in [2.45, 2.75) is 43.5 Å². The van der Waals surface area contributed by atoms with E-state index in [1.54, 1.807) is 16.7 Å². The number of carbonyl (C=O) groups excluding carboxylic acids is 1. The minimum atomic E-state index is -0.535. The molecule has 1 amide bonds. The molecule has 1 aromatic heterocycles. The highest BCUT2D eigenvalue weighted by molar-refractivity contribution is 8.00. The number of carbonyl (C=O) groups is 1. The van der Waals surface area contributed by atoms with Gasteiger partial charge in [-0.15, -0.1) is 21.8 Å². The number of para-hydroxylation sites is 1. The Hall–Kier alpha value is -1.11. The van der Waals surface area contributed by atoms with Crippen LogP contribution in [0.15, 0.2) is 28.6 Å². The lowest BCUT2D eigenvalue weighted by molar-refractivity contribution is -0.118. The molecule has 0 aliphatic heterocycles. The lowest BCUT2D eigenvalue weighted by Gasteiger charge is -2.25. The first-order valence-electron chi connectivity index (χ1n) is 7.53. The summed E-state index contributed by atoms with van der Waals surface area (Å²) in [6.07, 6.45) is 0.593. The van der Waals surface area contributed by atoms with E-state index in [2.05, 4.69) is 17.1 Å².